The quantitative estimate of drug-likeness (QED) is 0.761. The first kappa shape index (κ1) is 15.0. The Morgan fingerprint density at radius 1 is 1.11 bits per heavy atom. The van der Waals surface area contributed by atoms with E-state index in [1.54, 1.807) is 0 Å². The van der Waals surface area contributed by atoms with E-state index in [9.17, 15) is 0 Å². The Hall–Kier alpha value is -0.380. The molecular formula is C16H24BrNO. The van der Waals surface area contributed by atoms with Crippen LogP contribution in [0, 0.1) is 5.92 Å². The van der Waals surface area contributed by atoms with Gasteiger partial charge in [0.25, 0.3) is 0 Å². The highest BCUT2D eigenvalue weighted by Crippen LogP contribution is 2.22. The summed E-state index contributed by atoms with van der Waals surface area (Å²) in [6, 6.07) is 8.30. The Bertz CT molecular complexity index is 346. The minimum absolute atomic E-state index is 0.707. The molecule has 0 bridgehead atoms. The third kappa shape index (κ3) is 6.07. The number of nitrogens with one attached hydrogen (secondary N) is 1. The van der Waals surface area contributed by atoms with Crippen molar-refractivity contribution in [2.45, 2.75) is 38.7 Å². The molecule has 1 N–H and O–H groups in total. The molecular weight excluding hydrogens is 302 g/mol. The van der Waals surface area contributed by atoms with E-state index in [4.69, 9.17) is 4.74 Å². The van der Waals surface area contributed by atoms with Crippen molar-refractivity contribution in [1.82, 2.24) is 5.32 Å². The van der Waals surface area contributed by atoms with E-state index in [0.717, 1.165) is 23.5 Å². The molecule has 2 nitrogen and oxygen atoms in total. The van der Waals surface area contributed by atoms with Gasteiger partial charge in [0.05, 0.1) is 13.2 Å². The lowest BCUT2D eigenvalue weighted by atomic mass is 9.89. The second kappa shape index (κ2) is 8.72. The van der Waals surface area contributed by atoms with Gasteiger partial charge < -0.3 is 10.1 Å². The Morgan fingerprint density at radius 3 is 2.58 bits per heavy atom. The number of ether oxygens (including phenoxy) is 1. The van der Waals surface area contributed by atoms with Gasteiger partial charge in [0.2, 0.25) is 0 Å². The lowest BCUT2D eigenvalue weighted by Gasteiger charge is -2.21. The van der Waals surface area contributed by atoms with E-state index in [-0.39, 0.29) is 0 Å². The van der Waals surface area contributed by atoms with Gasteiger partial charge in [-0.25, -0.2) is 0 Å². The van der Waals surface area contributed by atoms with Crippen LogP contribution in [0.15, 0.2) is 28.7 Å². The number of benzene rings is 1. The fraction of sp³-hybridized carbons (Fsp3) is 0.625. The number of hydrogen-bond acceptors (Lipinski definition) is 2. The zero-order chi connectivity index (χ0) is 13.3. The molecule has 1 aliphatic carbocycles. The summed E-state index contributed by atoms with van der Waals surface area (Å²) in [5.74, 6) is 0.903. The van der Waals surface area contributed by atoms with Crippen LogP contribution in [-0.4, -0.2) is 19.7 Å². The van der Waals surface area contributed by atoms with Gasteiger partial charge in [-0.15, -0.1) is 0 Å². The molecule has 0 aliphatic heterocycles. The van der Waals surface area contributed by atoms with Gasteiger partial charge in [0, 0.05) is 11.0 Å². The summed E-state index contributed by atoms with van der Waals surface area (Å²) in [6.45, 7) is 3.63. The van der Waals surface area contributed by atoms with E-state index in [2.05, 4.69) is 45.5 Å². The molecule has 1 saturated carbocycles. The lowest BCUT2D eigenvalue weighted by Crippen LogP contribution is -2.27. The minimum Gasteiger partial charge on any atom is -0.375 e. The summed E-state index contributed by atoms with van der Waals surface area (Å²) in [4.78, 5) is 0. The van der Waals surface area contributed by atoms with Crippen LogP contribution in [0.25, 0.3) is 0 Å². The van der Waals surface area contributed by atoms with Crippen molar-refractivity contribution >= 4 is 15.9 Å². The van der Waals surface area contributed by atoms with Crippen molar-refractivity contribution in [3.8, 4) is 0 Å². The molecule has 0 spiro atoms. The van der Waals surface area contributed by atoms with Crippen molar-refractivity contribution in [3.05, 3.63) is 34.3 Å². The molecule has 0 aromatic heterocycles. The van der Waals surface area contributed by atoms with E-state index in [1.165, 1.54) is 44.2 Å². The molecule has 0 radical (unpaired) electrons. The highest BCUT2D eigenvalue weighted by Gasteiger charge is 2.12. The maximum Gasteiger partial charge on any atom is 0.0717 e. The SMILES string of the molecule is Brc1ccc(COCCNCC2CCCCC2)cc1. The number of rotatable bonds is 7. The Balaban J connectivity index is 1.49. The molecule has 0 unspecified atom stereocenters. The summed E-state index contributed by atoms with van der Waals surface area (Å²) in [5.41, 5.74) is 1.23. The van der Waals surface area contributed by atoms with Crippen molar-refractivity contribution in [2.75, 3.05) is 19.7 Å². The van der Waals surface area contributed by atoms with Gasteiger partial charge in [-0.3, -0.25) is 0 Å². The average molecular weight is 326 g/mol. The molecule has 1 aromatic rings. The molecule has 106 valence electrons. The van der Waals surface area contributed by atoms with Gasteiger partial charge in [0.1, 0.15) is 0 Å². The van der Waals surface area contributed by atoms with E-state index in [0.29, 0.717) is 6.61 Å². The molecule has 0 heterocycles. The molecule has 2 rings (SSSR count). The fourth-order valence-electron chi connectivity index (χ4n) is 2.61. The first-order valence-corrected chi connectivity index (χ1v) is 8.17. The van der Waals surface area contributed by atoms with E-state index >= 15 is 0 Å². The standard InChI is InChI=1S/C16H24BrNO/c17-16-8-6-15(7-9-16)13-19-11-10-18-12-14-4-2-1-3-5-14/h6-9,14,18H,1-5,10-13H2. The predicted molar refractivity (Wildman–Crippen MR) is 83.2 cm³/mol. The van der Waals surface area contributed by atoms with Crippen LogP contribution >= 0.6 is 15.9 Å². The maximum absolute atomic E-state index is 5.67. The Labute approximate surface area is 125 Å². The van der Waals surface area contributed by atoms with Crippen LogP contribution in [0.4, 0.5) is 0 Å². The third-order valence-electron chi connectivity index (χ3n) is 3.76. The summed E-state index contributed by atoms with van der Waals surface area (Å²) < 4.78 is 6.79. The third-order valence-corrected chi connectivity index (χ3v) is 4.29. The highest BCUT2D eigenvalue weighted by atomic mass is 79.9. The van der Waals surface area contributed by atoms with Crippen LogP contribution in [0.5, 0.6) is 0 Å². The van der Waals surface area contributed by atoms with Crippen LogP contribution < -0.4 is 5.32 Å². The van der Waals surface area contributed by atoms with E-state index < -0.39 is 0 Å². The summed E-state index contributed by atoms with van der Waals surface area (Å²) in [6.07, 6.45) is 7.10. The van der Waals surface area contributed by atoms with Crippen LogP contribution in [-0.2, 0) is 11.3 Å². The fourth-order valence-corrected chi connectivity index (χ4v) is 2.88. The van der Waals surface area contributed by atoms with Crippen LogP contribution in [0.3, 0.4) is 0 Å². The highest BCUT2D eigenvalue weighted by molar-refractivity contribution is 9.10. The molecule has 1 fully saturated rings. The van der Waals surface area contributed by atoms with Crippen molar-refractivity contribution in [2.24, 2.45) is 5.92 Å². The maximum atomic E-state index is 5.67. The first-order chi connectivity index (χ1) is 9.34. The molecule has 1 aromatic carbocycles. The van der Waals surface area contributed by atoms with Crippen molar-refractivity contribution in [1.29, 1.82) is 0 Å². The van der Waals surface area contributed by atoms with Gasteiger partial charge in [-0.2, -0.15) is 0 Å². The van der Waals surface area contributed by atoms with Gasteiger partial charge in [0.15, 0.2) is 0 Å². The molecule has 0 saturated heterocycles. The second-order valence-corrected chi connectivity index (χ2v) is 6.30. The molecule has 0 atom stereocenters. The summed E-state index contributed by atoms with van der Waals surface area (Å²) >= 11 is 3.43. The predicted octanol–water partition coefficient (Wildman–Crippen LogP) is 4.14. The summed E-state index contributed by atoms with van der Waals surface area (Å²) in [7, 11) is 0. The largest absolute Gasteiger partial charge is 0.375 e. The lowest BCUT2D eigenvalue weighted by molar-refractivity contribution is 0.121. The van der Waals surface area contributed by atoms with Gasteiger partial charge in [-0.1, -0.05) is 47.3 Å². The number of halogens is 1. The zero-order valence-corrected chi connectivity index (χ0v) is 13.1. The molecule has 3 heteroatoms. The number of hydrogen-bond donors (Lipinski definition) is 1. The smallest absolute Gasteiger partial charge is 0.0717 e. The monoisotopic (exact) mass is 325 g/mol. The average Bonchev–Trinajstić information content (AvgIpc) is 2.46. The molecule has 19 heavy (non-hydrogen) atoms. The van der Waals surface area contributed by atoms with Gasteiger partial charge >= 0.3 is 0 Å². The van der Waals surface area contributed by atoms with Gasteiger partial charge in [-0.05, 0) is 43.0 Å². The topological polar surface area (TPSA) is 21.3 Å². The Kier molecular flexibility index (Phi) is 6.90. The summed E-state index contributed by atoms with van der Waals surface area (Å²) in [5, 5.41) is 3.52. The first-order valence-electron chi connectivity index (χ1n) is 7.37. The van der Waals surface area contributed by atoms with Crippen LogP contribution in [0.1, 0.15) is 37.7 Å². The zero-order valence-electron chi connectivity index (χ0n) is 11.5. The van der Waals surface area contributed by atoms with Crippen molar-refractivity contribution in [3.63, 3.8) is 0 Å². The molecule has 1 aliphatic rings. The minimum atomic E-state index is 0.707. The van der Waals surface area contributed by atoms with Crippen LogP contribution in [0.2, 0.25) is 0 Å². The Morgan fingerprint density at radius 2 is 1.84 bits per heavy atom. The second-order valence-electron chi connectivity index (χ2n) is 5.39. The normalized spacial score (nSPS) is 16.7. The molecule has 0 amide bonds. The van der Waals surface area contributed by atoms with E-state index in [1.807, 2.05) is 0 Å². The van der Waals surface area contributed by atoms with Crippen molar-refractivity contribution < 1.29 is 4.74 Å².